The van der Waals surface area contributed by atoms with Gasteiger partial charge in [0.1, 0.15) is 7.05 Å². The minimum Gasteiger partial charge on any atom is -0.282 e. The lowest BCUT2D eigenvalue weighted by Crippen LogP contribution is -2.45. The Hall–Kier alpha value is -0.370. The molecule has 0 aromatic carbocycles. The average Bonchev–Trinajstić information content (AvgIpc) is 2.32. The van der Waals surface area contributed by atoms with Crippen LogP contribution in [0.2, 0.25) is 0 Å². The van der Waals surface area contributed by atoms with E-state index in [2.05, 4.69) is 29.7 Å². The Labute approximate surface area is 68.5 Å². The van der Waals surface area contributed by atoms with E-state index in [9.17, 15) is 0 Å². The second-order valence-corrected chi connectivity index (χ2v) is 3.90. The van der Waals surface area contributed by atoms with Crippen LogP contribution in [0, 0.1) is 0 Å². The number of rotatable bonds is 0. The molecule has 0 aromatic heterocycles. The van der Waals surface area contributed by atoms with Gasteiger partial charge in [0, 0.05) is 6.04 Å². The van der Waals surface area contributed by atoms with Crippen LogP contribution in [-0.2, 0) is 0 Å². The van der Waals surface area contributed by atoms with Gasteiger partial charge < -0.3 is 0 Å². The van der Waals surface area contributed by atoms with Crippen LogP contribution < -0.4 is 0 Å². The lowest BCUT2D eigenvalue weighted by Gasteiger charge is -2.27. The molecule has 0 aromatic rings. The minimum absolute atomic E-state index is 0.824. The zero-order valence-corrected chi connectivity index (χ0v) is 7.45. The van der Waals surface area contributed by atoms with E-state index in [1.54, 1.807) is 0 Å². The van der Waals surface area contributed by atoms with Crippen LogP contribution in [0.4, 0.5) is 0 Å². The monoisotopic (exact) mass is 153 g/mol. The molecule has 62 valence electrons. The highest BCUT2D eigenvalue weighted by Gasteiger charge is 2.34. The summed E-state index contributed by atoms with van der Waals surface area (Å²) in [5.41, 5.74) is 0. The van der Waals surface area contributed by atoms with Gasteiger partial charge in [0.2, 0.25) is 0 Å². The van der Waals surface area contributed by atoms with Crippen molar-refractivity contribution in [3.05, 3.63) is 0 Å². The molecule has 2 rings (SSSR count). The molecule has 0 bridgehead atoms. The fourth-order valence-electron chi connectivity index (χ4n) is 2.29. The van der Waals surface area contributed by atoms with Crippen molar-refractivity contribution in [3.8, 4) is 0 Å². The third-order valence-electron chi connectivity index (χ3n) is 3.06. The smallest absolute Gasteiger partial charge is 0.157 e. The molecule has 11 heavy (non-hydrogen) atoms. The SMILES string of the molecule is CC1CCC2C[N+](C)=CCN12. The molecule has 2 atom stereocenters. The van der Waals surface area contributed by atoms with Crippen molar-refractivity contribution >= 4 is 6.21 Å². The first-order chi connectivity index (χ1) is 5.27. The third kappa shape index (κ3) is 1.20. The van der Waals surface area contributed by atoms with Gasteiger partial charge in [-0.05, 0) is 19.8 Å². The molecule has 0 spiro atoms. The standard InChI is InChI=1S/C9H17N2/c1-8-3-4-9-7-10(2)5-6-11(8)9/h5,8-9H,3-4,6-7H2,1-2H3/q+1. The molecule has 1 fully saturated rings. The molecule has 2 unspecified atom stereocenters. The largest absolute Gasteiger partial charge is 0.282 e. The molecule has 0 aliphatic carbocycles. The Morgan fingerprint density at radius 2 is 2.27 bits per heavy atom. The van der Waals surface area contributed by atoms with Crippen molar-refractivity contribution < 1.29 is 4.58 Å². The van der Waals surface area contributed by atoms with Crippen molar-refractivity contribution in [1.29, 1.82) is 0 Å². The summed E-state index contributed by atoms with van der Waals surface area (Å²) in [6.45, 7) is 4.76. The van der Waals surface area contributed by atoms with Gasteiger partial charge in [0.05, 0.1) is 12.6 Å². The topological polar surface area (TPSA) is 6.25 Å². The predicted octanol–water partition coefficient (Wildman–Crippen LogP) is 0.566. The molecule has 0 saturated carbocycles. The number of hydrogen-bond acceptors (Lipinski definition) is 1. The Kier molecular flexibility index (Phi) is 1.72. The third-order valence-corrected chi connectivity index (χ3v) is 3.06. The lowest BCUT2D eigenvalue weighted by molar-refractivity contribution is -0.505. The Bertz CT molecular complexity index is 186. The first-order valence-electron chi connectivity index (χ1n) is 4.56. The van der Waals surface area contributed by atoms with Crippen molar-refractivity contribution in [2.75, 3.05) is 20.1 Å². The van der Waals surface area contributed by atoms with Crippen LogP contribution in [0.25, 0.3) is 0 Å². The van der Waals surface area contributed by atoms with Gasteiger partial charge in [-0.2, -0.15) is 0 Å². The fourth-order valence-corrected chi connectivity index (χ4v) is 2.29. The van der Waals surface area contributed by atoms with Crippen LogP contribution >= 0.6 is 0 Å². The van der Waals surface area contributed by atoms with Crippen LogP contribution in [0.15, 0.2) is 0 Å². The van der Waals surface area contributed by atoms with Crippen molar-refractivity contribution in [2.24, 2.45) is 0 Å². The first-order valence-corrected chi connectivity index (χ1v) is 4.56. The van der Waals surface area contributed by atoms with Gasteiger partial charge in [0.25, 0.3) is 0 Å². The number of fused-ring (bicyclic) bond motifs is 1. The first kappa shape index (κ1) is 7.29. The van der Waals surface area contributed by atoms with E-state index >= 15 is 0 Å². The molecule has 0 N–H and O–H groups in total. The lowest BCUT2D eigenvalue weighted by atomic mass is 10.2. The number of likely N-dealkylation sites (N-methyl/N-ethyl adjacent to an activating group) is 1. The van der Waals surface area contributed by atoms with Gasteiger partial charge in [-0.3, -0.25) is 4.90 Å². The van der Waals surface area contributed by atoms with E-state index in [1.807, 2.05) is 0 Å². The van der Waals surface area contributed by atoms with E-state index in [-0.39, 0.29) is 0 Å². The summed E-state index contributed by atoms with van der Waals surface area (Å²) in [6.07, 6.45) is 5.10. The molecule has 0 amide bonds. The van der Waals surface area contributed by atoms with Crippen LogP contribution in [-0.4, -0.2) is 47.9 Å². The predicted molar refractivity (Wildman–Crippen MR) is 46.3 cm³/mol. The molecule has 2 nitrogen and oxygen atoms in total. The summed E-state index contributed by atoms with van der Waals surface area (Å²) in [5, 5.41) is 0. The van der Waals surface area contributed by atoms with Gasteiger partial charge in [0.15, 0.2) is 12.8 Å². The molecular weight excluding hydrogens is 136 g/mol. The normalized spacial score (nSPS) is 38.5. The average molecular weight is 153 g/mol. The van der Waals surface area contributed by atoms with Crippen LogP contribution in [0.1, 0.15) is 19.8 Å². The highest BCUT2D eigenvalue weighted by molar-refractivity contribution is 5.54. The molecule has 1 saturated heterocycles. The molecule has 2 heterocycles. The molecule has 2 aliphatic rings. The van der Waals surface area contributed by atoms with E-state index < -0.39 is 0 Å². The fraction of sp³-hybridized carbons (Fsp3) is 0.889. The molecule has 2 aliphatic heterocycles. The van der Waals surface area contributed by atoms with Crippen LogP contribution in [0.5, 0.6) is 0 Å². The summed E-state index contributed by atoms with van der Waals surface area (Å²) in [6, 6.07) is 1.67. The summed E-state index contributed by atoms with van der Waals surface area (Å²) >= 11 is 0. The van der Waals surface area contributed by atoms with Crippen molar-refractivity contribution in [2.45, 2.75) is 31.8 Å². The Morgan fingerprint density at radius 1 is 1.45 bits per heavy atom. The van der Waals surface area contributed by atoms with Crippen molar-refractivity contribution in [3.63, 3.8) is 0 Å². The highest BCUT2D eigenvalue weighted by atomic mass is 15.3. The maximum atomic E-state index is 2.62. The van der Waals surface area contributed by atoms with E-state index in [0.29, 0.717) is 0 Å². The number of nitrogens with zero attached hydrogens (tertiary/aromatic N) is 2. The quantitative estimate of drug-likeness (QED) is 0.461. The molecular formula is C9H17N2+. The second-order valence-electron chi connectivity index (χ2n) is 3.90. The maximum absolute atomic E-state index is 2.62. The Morgan fingerprint density at radius 3 is 3.09 bits per heavy atom. The maximum Gasteiger partial charge on any atom is 0.157 e. The number of hydrogen-bond donors (Lipinski definition) is 0. The summed E-state index contributed by atoms with van der Waals surface area (Å²) in [7, 11) is 2.18. The zero-order chi connectivity index (χ0) is 7.84. The van der Waals surface area contributed by atoms with Gasteiger partial charge in [-0.15, -0.1) is 0 Å². The van der Waals surface area contributed by atoms with E-state index in [0.717, 1.165) is 12.1 Å². The van der Waals surface area contributed by atoms with Crippen molar-refractivity contribution in [1.82, 2.24) is 4.90 Å². The summed E-state index contributed by atoms with van der Waals surface area (Å²) < 4.78 is 2.33. The van der Waals surface area contributed by atoms with Crippen LogP contribution in [0.3, 0.4) is 0 Å². The van der Waals surface area contributed by atoms with Gasteiger partial charge >= 0.3 is 0 Å². The second kappa shape index (κ2) is 2.59. The van der Waals surface area contributed by atoms with E-state index in [1.165, 1.54) is 25.9 Å². The highest BCUT2D eigenvalue weighted by Crippen LogP contribution is 2.24. The Balaban J connectivity index is 2.11. The minimum atomic E-state index is 0.824. The summed E-state index contributed by atoms with van der Waals surface area (Å²) in [4.78, 5) is 2.62. The zero-order valence-electron chi connectivity index (χ0n) is 7.45. The van der Waals surface area contributed by atoms with E-state index in [4.69, 9.17) is 0 Å². The van der Waals surface area contributed by atoms with Gasteiger partial charge in [-0.25, -0.2) is 4.58 Å². The summed E-state index contributed by atoms with van der Waals surface area (Å²) in [5.74, 6) is 0. The molecule has 0 radical (unpaired) electrons. The van der Waals surface area contributed by atoms with Gasteiger partial charge in [-0.1, -0.05) is 0 Å². The molecule has 2 heteroatoms.